The molecule has 2 atom stereocenters. The SMILES string of the molecule is Oc1cc2c(c3ccccc13)=NC1CCCCC1N=2. The number of phenols is 1. The van der Waals surface area contributed by atoms with Gasteiger partial charge in [-0.15, -0.1) is 0 Å². The van der Waals surface area contributed by atoms with Crippen LogP contribution in [0, 0.1) is 0 Å². The first-order valence-electron chi connectivity index (χ1n) is 6.99. The number of benzene rings is 2. The van der Waals surface area contributed by atoms with Crippen molar-refractivity contribution in [1.82, 2.24) is 0 Å². The molecule has 2 unspecified atom stereocenters. The molecule has 96 valence electrons. The zero-order valence-corrected chi connectivity index (χ0v) is 10.7. The number of phenolic OH excluding ortho intramolecular Hbond substituents is 1. The lowest BCUT2D eigenvalue weighted by Crippen LogP contribution is -2.41. The Kier molecular flexibility index (Phi) is 2.34. The van der Waals surface area contributed by atoms with E-state index in [-0.39, 0.29) is 0 Å². The van der Waals surface area contributed by atoms with Gasteiger partial charge in [0, 0.05) is 16.8 Å². The average molecular weight is 252 g/mol. The van der Waals surface area contributed by atoms with Gasteiger partial charge in [-0.25, -0.2) is 0 Å². The van der Waals surface area contributed by atoms with E-state index in [9.17, 15) is 5.11 Å². The zero-order chi connectivity index (χ0) is 12.8. The molecule has 1 aliphatic heterocycles. The van der Waals surface area contributed by atoms with E-state index in [1.54, 1.807) is 6.07 Å². The lowest BCUT2D eigenvalue weighted by atomic mass is 9.90. The molecule has 1 N–H and O–H groups in total. The molecule has 1 aliphatic carbocycles. The van der Waals surface area contributed by atoms with E-state index in [2.05, 4.69) is 0 Å². The lowest BCUT2D eigenvalue weighted by Gasteiger charge is -2.27. The van der Waals surface area contributed by atoms with Gasteiger partial charge in [-0.05, 0) is 12.8 Å². The highest BCUT2D eigenvalue weighted by atomic mass is 16.3. The molecule has 2 aliphatic rings. The Balaban J connectivity index is 2.08. The van der Waals surface area contributed by atoms with Crippen molar-refractivity contribution in [2.24, 2.45) is 9.98 Å². The summed E-state index contributed by atoms with van der Waals surface area (Å²) in [6, 6.07) is 10.3. The monoisotopic (exact) mass is 252 g/mol. The Morgan fingerprint density at radius 1 is 0.947 bits per heavy atom. The van der Waals surface area contributed by atoms with Crippen LogP contribution in [-0.2, 0) is 0 Å². The summed E-state index contributed by atoms with van der Waals surface area (Å²) in [5, 5.41) is 13.8. The van der Waals surface area contributed by atoms with Gasteiger partial charge in [-0.3, -0.25) is 9.98 Å². The normalized spacial score (nSPS) is 25.1. The maximum absolute atomic E-state index is 10.1. The summed E-state index contributed by atoms with van der Waals surface area (Å²) in [7, 11) is 0. The minimum absolute atomic E-state index is 0.308. The molecule has 0 radical (unpaired) electrons. The summed E-state index contributed by atoms with van der Waals surface area (Å²) in [6.07, 6.45) is 4.77. The Morgan fingerprint density at radius 3 is 2.42 bits per heavy atom. The fourth-order valence-electron chi connectivity index (χ4n) is 3.30. The highest BCUT2D eigenvalue weighted by Gasteiger charge is 2.26. The quantitative estimate of drug-likeness (QED) is 0.767. The van der Waals surface area contributed by atoms with E-state index >= 15 is 0 Å². The minimum atomic E-state index is 0.308. The number of fused-ring (bicyclic) bond motifs is 4. The Hall–Kier alpha value is -1.90. The first kappa shape index (κ1) is 11.0. The fraction of sp³-hybridized carbons (Fsp3) is 0.375. The van der Waals surface area contributed by atoms with E-state index in [1.165, 1.54) is 12.8 Å². The van der Waals surface area contributed by atoms with Crippen LogP contribution >= 0.6 is 0 Å². The van der Waals surface area contributed by atoms with Crippen LogP contribution in [0.25, 0.3) is 10.8 Å². The molecule has 3 nitrogen and oxygen atoms in total. The van der Waals surface area contributed by atoms with Crippen molar-refractivity contribution in [2.45, 2.75) is 37.8 Å². The van der Waals surface area contributed by atoms with Crippen molar-refractivity contribution in [3.63, 3.8) is 0 Å². The zero-order valence-electron chi connectivity index (χ0n) is 10.7. The molecule has 4 rings (SSSR count). The molecule has 2 aromatic rings. The topological polar surface area (TPSA) is 45.0 Å². The summed E-state index contributed by atoms with van der Waals surface area (Å²) in [5.74, 6) is 0.308. The van der Waals surface area contributed by atoms with E-state index in [4.69, 9.17) is 9.98 Å². The van der Waals surface area contributed by atoms with Crippen LogP contribution in [0.4, 0.5) is 0 Å². The third-order valence-electron chi connectivity index (χ3n) is 4.27. The van der Waals surface area contributed by atoms with Gasteiger partial charge < -0.3 is 5.11 Å². The highest BCUT2D eigenvalue weighted by molar-refractivity contribution is 5.87. The molecule has 19 heavy (non-hydrogen) atoms. The van der Waals surface area contributed by atoms with Crippen molar-refractivity contribution in [3.05, 3.63) is 41.0 Å². The third kappa shape index (κ3) is 1.65. The van der Waals surface area contributed by atoms with E-state index in [1.807, 2.05) is 24.3 Å². The predicted octanol–water partition coefficient (Wildman–Crippen LogP) is 2.11. The highest BCUT2D eigenvalue weighted by Crippen LogP contribution is 2.26. The Bertz CT molecular complexity index is 766. The number of hydrogen-bond acceptors (Lipinski definition) is 3. The molecular formula is C16H16N2O. The van der Waals surface area contributed by atoms with Gasteiger partial charge in [0.05, 0.1) is 22.8 Å². The number of hydrogen-bond donors (Lipinski definition) is 1. The van der Waals surface area contributed by atoms with Crippen molar-refractivity contribution >= 4 is 10.8 Å². The Morgan fingerprint density at radius 2 is 1.63 bits per heavy atom. The smallest absolute Gasteiger partial charge is 0.125 e. The summed E-state index contributed by atoms with van der Waals surface area (Å²) >= 11 is 0. The maximum Gasteiger partial charge on any atom is 0.125 e. The van der Waals surface area contributed by atoms with Gasteiger partial charge in [0.25, 0.3) is 0 Å². The second-order valence-electron chi connectivity index (χ2n) is 5.49. The molecular weight excluding hydrogens is 236 g/mol. The van der Waals surface area contributed by atoms with Crippen LogP contribution in [0.15, 0.2) is 40.3 Å². The molecule has 0 spiro atoms. The molecule has 2 aromatic carbocycles. The van der Waals surface area contributed by atoms with Gasteiger partial charge in [-0.2, -0.15) is 0 Å². The number of rotatable bonds is 0. The first-order valence-corrected chi connectivity index (χ1v) is 6.99. The standard InChI is InChI=1S/C16H16N2O/c19-15-9-14-16(11-6-2-1-5-10(11)15)18-13-8-4-3-7-12(13)17-14/h1-2,5-6,9,12-13,19H,3-4,7-8H2. The first-order chi connectivity index (χ1) is 9.33. The van der Waals surface area contributed by atoms with Gasteiger partial charge in [0.15, 0.2) is 0 Å². The van der Waals surface area contributed by atoms with Crippen molar-refractivity contribution in [3.8, 4) is 5.75 Å². The molecule has 1 saturated carbocycles. The molecule has 1 heterocycles. The predicted molar refractivity (Wildman–Crippen MR) is 74.0 cm³/mol. The van der Waals surface area contributed by atoms with Crippen LogP contribution in [0.3, 0.4) is 0 Å². The minimum Gasteiger partial charge on any atom is -0.507 e. The van der Waals surface area contributed by atoms with Gasteiger partial charge in [0.1, 0.15) is 5.75 Å². The van der Waals surface area contributed by atoms with Crippen LogP contribution < -0.4 is 10.7 Å². The average Bonchev–Trinajstić information content (AvgIpc) is 2.46. The molecule has 0 bridgehead atoms. The van der Waals surface area contributed by atoms with Gasteiger partial charge in [0.2, 0.25) is 0 Å². The second-order valence-corrected chi connectivity index (χ2v) is 5.49. The van der Waals surface area contributed by atoms with Crippen molar-refractivity contribution in [1.29, 1.82) is 0 Å². The van der Waals surface area contributed by atoms with Crippen LogP contribution in [0.1, 0.15) is 25.7 Å². The van der Waals surface area contributed by atoms with E-state index in [0.29, 0.717) is 17.8 Å². The van der Waals surface area contributed by atoms with Crippen LogP contribution in [-0.4, -0.2) is 17.2 Å². The number of aromatic hydroxyl groups is 1. The Labute approximate surface area is 111 Å². The summed E-state index contributed by atoms with van der Waals surface area (Å²) in [6.45, 7) is 0. The summed E-state index contributed by atoms with van der Waals surface area (Å²) in [5.41, 5.74) is 0. The molecule has 0 saturated heterocycles. The lowest BCUT2D eigenvalue weighted by molar-refractivity contribution is 0.369. The fourth-order valence-corrected chi connectivity index (χ4v) is 3.30. The number of nitrogens with zero attached hydrogens (tertiary/aromatic N) is 2. The van der Waals surface area contributed by atoms with Crippen LogP contribution in [0.5, 0.6) is 5.75 Å². The molecule has 0 aromatic heterocycles. The molecule has 0 amide bonds. The van der Waals surface area contributed by atoms with Gasteiger partial charge in [-0.1, -0.05) is 37.1 Å². The van der Waals surface area contributed by atoms with E-state index < -0.39 is 0 Å². The molecule has 1 fully saturated rings. The third-order valence-corrected chi connectivity index (χ3v) is 4.27. The molecule has 3 heteroatoms. The second kappa shape index (κ2) is 4.05. The van der Waals surface area contributed by atoms with Gasteiger partial charge >= 0.3 is 0 Å². The van der Waals surface area contributed by atoms with Crippen LogP contribution in [0.2, 0.25) is 0 Å². The largest absolute Gasteiger partial charge is 0.507 e. The van der Waals surface area contributed by atoms with Crippen molar-refractivity contribution in [2.75, 3.05) is 0 Å². The summed E-state index contributed by atoms with van der Waals surface area (Å²) in [4.78, 5) is 9.76. The summed E-state index contributed by atoms with van der Waals surface area (Å²) < 4.78 is 0. The maximum atomic E-state index is 10.1. The van der Waals surface area contributed by atoms with Crippen molar-refractivity contribution < 1.29 is 5.11 Å². The van der Waals surface area contributed by atoms with E-state index in [0.717, 1.165) is 34.3 Å².